The highest BCUT2D eigenvalue weighted by Crippen LogP contribution is 2.47. The molecule has 0 unspecified atom stereocenters. The Morgan fingerprint density at radius 3 is 1.38 bits per heavy atom. The molecule has 2 nitrogen and oxygen atoms in total. The van der Waals surface area contributed by atoms with Crippen molar-refractivity contribution >= 4 is 0 Å². The summed E-state index contributed by atoms with van der Waals surface area (Å²) >= 11 is 0. The summed E-state index contributed by atoms with van der Waals surface area (Å²) in [4.78, 5) is 0. The number of hydrogen-bond donors (Lipinski definition) is 2. The number of allylic oxidation sites excluding steroid dienone is 2. The zero-order valence-electron chi connectivity index (χ0n) is 23.0. The van der Waals surface area contributed by atoms with E-state index in [4.69, 9.17) is 0 Å². The van der Waals surface area contributed by atoms with Crippen molar-refractivity contribution in [1.82, 2.24) is 0 Å². The minimum absolute atomic E-state index is 0.150. The van der Waals surface area contributed by atoms with Gasteiger partial charge in [0.15, 0.2) is 0 Å². The standard InChI is InChI=1S/C32H46O2/c1-12-15-22(25-18-20(4)29(33)23(16-13-2)27(25)31(6,7)8)26-19-21(5)30(34)24(17-14-3)28(26)32(9,10)11/h13-14,18-19,22,33-34H,2-3,12,15-17H2,1,4-11H3. The van der Waals surface area contributed by atoms with Crippen LogP contribution >= 0.6 is 0 Å². The van der Waals surface area contributed by atoms with Gasteiger partial charge in [0.2, 0.25) is 0 Å². The largest absolute Gasteiger partial charge is 0.507 e. The lowest BCUT2D eigenvalue weighted by Crippen LogP contribution is -2.23. The van der Waals surface area contributed by atoms with Gasteiger partial charge in [-0.1, -0.05) is 79.2 Å². The van der Waals surface area contributed by atoms with Crippen molar-refractivity contribution in [2.75, 3.05) is 0 Å². The summed E-state index contributed by atoms with van der Waals surface area (Å²) in [5.74, 6) is 0.919. The van der Waals surface area contributed by atoms with Crippen LogP contribution in [-0.2, 0) is 23.7 Å². The van der Waals surface area contributed by atoms with Gasteiger partial charge in [-0.2, -0.15) is 0 Å². The molecule has 2 rings (SSSR count). The lowest BCUT2D eigenvalue weighted by atomic mass is 9.69. The fourth-order valence-electron chi connectivity index (χ4n) is 5.58. The molecule has 0 saturated heterocycles. The van der Waals surface area contributed by atoms with E-state index >= 15 is 0 Å². The molecular formula is C32H46O2. The normalized spacial score (nSPS) is 12.3. The molecule has 0 radical (unpaired) electrons. The average Bonchev–Trinajstić information content (AvgIpc) is 2.71. The van der Waals surface area contributed by atoms with Crippen LogP contribution in [0.5, 0.6) is 11.5 Å². The molecule has 2 aromatic rings. The minimum Gasteiger partial charge on any atom is -0.507 e. The van der Waals surface area contributed by atoms with Gasteiger partial charge < -0.3 is 10.2 Å². The van der Waals surface area contributed by atoms with Gasteiger partial charge in [0, 0.05) is 17.0 Å². The van der Waals surface area contributed by atoms with Gasteiger partial charge in [-0.15, -0.1) is 13.2 Å². The van der Waals surface area contributed by atoms with E-state index in [1.807, 2.05) is 26.0 Å². The smallest absolute Gasteiger partial charge is 0.122 e. The number of rotatable bonds is 8. The summed E-state index contributed by atoms with van der Waals surface area (Å²) < 4.78 is 0. The Kier molecular flexibility index (Phi) is 8.51. The van der Waals surface area contributed by atoms with E-state index in [9.17, 15) is 10.2 Å². The van der Waals surface area contributed by atoms with Crippen LogP contribution < -0.4 is 0 Å². The lowest BCUT2D eigenvalue weighted by Gasteiger charge is -2.35. The Hall–Kier alpha value is -2.48. The van der Waals surface area contributed by atoms with Crippen molar-refractivity contribution in [2.45, 2.75) is 105 Å². The molecule has 2 N–H and O–H groups in total. The molecular weight excluding hydrogens is 416 g/mol. The SMILES string of the molecule is C=CCc1c(O)c(C)cc(C(CCC)c2cc(C)c(O)c(CC=C)c2C(C)(C)C)c1C(C)(C)C. The Morgan fingerprint density at radius 2 is 1.12 bits per heavy atom. The molecule has 0 heterocycles. The maximum atomic E-state index is 11.1. The van der Waals surface area contributed by atoms with Crippen LogP contribution in [0.3, 0.4) is 0 Å². The Morgan fingerprint density at radius 1 is 0.765 bits per heavy atom. The van der Waals surface area contributed by atoms with E-state index in [0.29, 0.717) is 24.3 Å². The van der Waals surface area contributed by atoms with Crippen LogP contribution in [0.2, 0.25) is 0 Å². The highest BCUT2D eigenvalue weighted by atomic mass is 16.3. The molecule has 0 atom stereocenters. The summed E-state index contributed by atoms with van der Waals surface area (Å²) in [6.07, 6.45) is 7.06. The van der Waals surface area contributed by atoms with Crippen LogP contribution in [0, 0.1) is 13.8 Å². The fraction of sp³-hybridized carbons (Fsp3) is 0.500. The van der Waals surface area contributed by atoms with Gasteiger partial charge >= 0.3 is 0 Å². The second kappa shape index (κ2) is 10.4. The van der Waals surface area contributed by atoms with Gasteiger partial charge in [0.05, 0.1) is 0 Å². The van der Waals surface area contributed by atoms with Gasteiger partial charge in [-0.3, -0.25) is 0 Å². The van der Waals surface area contributed by atoms with E-state index < -0.39 is 0 Å². The minimum atomic E-state index is -0.150. The molecule has 0 bridgehead atoms. The van der Waals surface area contributed by atoms with Crippen molar-refractivity contribution in [2.24, 2.45) is 0 Å². The second-order valence-corrected chi connectivity index (χ2v) is 11.8. The molecule has 2 heteroatoms. The summed E-state index contributed by atoms with van der Waals surface area (Å²) in [6, 6.07) is 4.40. The molecule has 0 aliphatic rings. The van der Waals surface area contributed by atoms with Crippen LogP contribution in [-0.4, -0.2) is 10.2 Å². The third kappa shape index (κ3) is 5.43. The van der Waals surface area contributed by atoms with E-state index in [1.54, 1.807) is 0 Å². The van der Waals surface area contributed by atoms with E-state index in [2.05, 4.69) is 73.8 Å². The first-order valence-corrected chi connectivity index (χ1v) is 12.6. The van der Waals surface area contributed by atoms with E-state index in [0.717, 1.165) is 35.1 Å². The number of phenols is 2. The van der Waals surface area contributed by atoms with Crippen molar-refractivity contribution in [3.8, 4) is 11.5 Å². The molecule has 186 valence electrons. The molecule has 0 aliphatic heterocycles. The first kappa shape index (κ1) is 27.8. The van der Waals surface area contributed by atoms with Crippen LogP contribution in [0.4, 0.5) is 0 Å². The number of benzene rings is 2. The van der Waals surface area contributed by atoms with Crippen LogP contribution in [0.25, 0.3) is 0 Å². The number of phenolic OH excluding ortho intramolecular Hbond substituents is 2. The predicted molar refractivity (Wildman–Crippen MR) is 148 cm³/mol. The van der Waals surface area contributed by atoms with E-state index in [1.165, 1.54) is 22.3 Å². The maximum absolute atomic E-state index is 11.1. The van der Waals surface area contributed by atoms with Gasteiger partial charge in [0.1, 0.15) is 11.5 Å². The van der Waals surface area contributed by atoms with Crippen molar-refractivity contribution in [1.29, 1.82) is 0 Å². The molecule has 0 aliphatic carbocycles. The molecule has 0 saturated carbocycles. The summed E-state index contributed by atoms with van der Waals surface area (Å²) in [6.45, 7) is 27.5. The van der Waals surface area contributed by atoms with Gasteiger partial charge in [-0.05, 0) is 77.3 Å². The third-order valence-electron chi connectivity index (χ3n) is 6.77. The summed E-state index contributed by atoms with van der Waals surface area (Å²) in [7, 11) is 0. The second-order valence-electron chi connectivity index (χ2n) is 11.8. The van der Waals surface area contributed by atoms with Crippen molar-refractivity contribution in [3.05, 3.63) is 82.0 Å². The topological polar surface area (TPSA) is 40.5 Å². The monoisotopic (exact) mass is 462 g/mol. The number of hydrogen-bond acceptors (Lipinski definition) is 2. The first-order valence-electron chi connectivity index (χ1n) is 12.6. The van der Waals surface area contributed by atoms with Crippen LogP contribution in [0.15, 0.2) is 37.4 Å². The molecule has 0 spiro atoms. The van der Waals surface area contributed by atoms with E-state index in [-0.39, 0.29) is 16.7 Å². The Bertz CT molecular complexity index is 975. The molecule has 0 aromatic heterocycles. The van der Waals surface area contributed by atoms with Gasteiger partial charge in [0.25, 0.3) is 0 Å². The average molecular weight is 463 g/mol. The fourth-order valence-corrected chi connectivity index (χ4v) is 5.58. The lowest BCUT2D eigenvalue weighted by molar-refractivity contribution is 0.455. The highest BCUT2D eigenvalue weighted by Gasteiger charge is 2.33. The molecule has 0 amide bonds. The molecule has 34 heavy (non-hydrogen) atoms. The molecule has 0 fully saturated rings. The van der Waals surface area contributed by atoms with Gasteiger partial charge in [-0.25, -0.2) is 0 Å². The quantitative estimate of drug-likeness (QED) is 0.385. The summed E-state index contributed by atoms with van der Waals surface area (Å²) in [5, 5.41) is 22.1. The number of aryl methyl sites for hydroxylation is 2. The molecule has 2 aromatic carbocycles. The van der Waals surface area contributed by atoms with Crippen molar-refractivity contribution in [3.63, 3.8) is 0 Å². The Labute approximate surface area is 208 Å². The zero-order chi connectivity index (χ0) is 26.0. The third-order valence-corrected chi connectivity index (χ3v) is 6.77. The Balaban J connectivity index is 3.10. The number of aromatic hydroxyl groups is 2. The van der Waals surface area contributed by atoms with Crippen molar-refractivity contribution < 1.29 is 10.2 Å². The van der Waals surface area contributed by atoms with Crippen LogP contribution in [0.1, 0.15) is 112 Å². The first-order chi connectivity index (χ1) is 15.7. The predicted octanol–water partition coefficient (Wildman–Crippen LogP) is 8.70. The zero-order valence-corrected chi connectivity index (χ0v) is 23.0. The summed E-state index contributed by atoms with van der Waals surface area (Å²) in [5.41, 5.74) is 8.46. The highest BCUT2D eigenvalue weighted by molar-refractivity contribution is 5.60. The maximum Gasteiger partial charge on any atom is 0.122 e.